The largest absolute Gasteiger partial charge is 0.494 e. The fourth-order valence-corrected chi connectivity index (χ4v) is 2.81. The number of carboxylic acids is 1. The molecule has 1 N–H and O–H groups in total. The molecule has 0 bridgehead atoms. The van der Waals surface area contributed by atoms with Crippen LogP contribution >= 0.6 is 0 Å². The fourth-order valence-electron chi connectivity index (χ4n) is 2.81. The summed E-state index contributed by atoms with van der Waals surface area (Å²) < 4.78 is 24.2. The molecule has 1 saturated heterocycles. The van der Waals surface area contributed by atoms with Crippen LogP contribution in [0.4, 0.5) is 4.39 Å². The highest BCUT2D eigenvalue weighted by Gasteiger charge is 2.25. The van der Waals surface area contributed by atoms with Crippen molar-refractivity contribution in [3.63, 3.8) is 0 Å². The molecule has 1 atom stereocenters. The Balaban J connectivity index is 1.90. The van der Waals surface area contributed by atoms with E-state index in [1.165, 1.54) is 19.2 Å². The van der Waals surface area contributed by atoms with Crippen molar-refractivity contribution in [1.82, 2.24) is 9.80 Å². The molecule has 0 aromatic heterocycles. The summed E-state index contributed by atoms with van der Waals surface area (Å²) in [6.07, 6.45) is -0.145. The number of benzene rings is 1. The molecular formula is C17H23FN2O5. The number of carbonyl (C=O) groups excluding carboxylic acids is 1. The predicted octanol–water partition coefficient (Wildman–Crippen LogP) is 0.621. The predicted molar refractivity (Wildman–Crippen MR) is 88.1 cm³/mol. The summed E-state index contributed by atoms with van der Waals surface area (Å²) in [6, 6.07) is 4.47. The van der Waals surface area contributed by atoms with Crippen molar-refractivity contribution in [3.05, 3.63) is 29.6 Å². The minimum absolute atomic E-state index is 0.0844. The van der Waals surface area contributed by atoms with Gasteiger partial charge in [0.25, 0.3) is 0 Å². The van der Waals surface area contributed by atoms with Crippen molar-refractivity contribution in [2.75, 3.05) is 46.9 Å². The number of amides is 1. The van der Waals surface area contributed by atoms with Gasteiger partial charge in [-0.05, 0) is 24.7 Å². The van der Waals surface area contributed by atoms with Crippen LogP contribution in [0.1, 0.15) is 5.56 Å². The molecule has 138 valence electrons. The Morgan fingerprint density at radius 2 is 2.24 bits per heavy atom. The van der Waals surface area contributed by atoms with Crippen LogP contribution in [0.3, 0.4) is 0 Å². The lowest BCUT2D eigenvalue weighted by Gasteiger charge is -2.34. The van der Waals surface area contributed by atoms with Gasteiger partial charge in [-0.15, -0.1) is 0 Å². The second-order valence-corrected chi connectivity index (χ2v) is 6.07. The van der Waals surface area contributed by atoms with Gasteiger partial charge in [0.1, 0.15) is 0 Å². The fraction of sp³-hybridized carbons (Fsp3) is 0.529. The van der Waals surface area contributed by atoms with Crippen LogP contribution < -0.4 is 4.74 Å². The molecule has 1 unspecified atom stereocenters. The van der Waals surface area contributed by atoms with E-state index < -0.39 is 11.8 Å². The topological polar surface area (TPSA) is 79.3 Å². The van der Waals surface area contributed by atoms with Gasteiger partial charge in [0, 0.05) is 19.6 Å². The molecule has 1 fully saturated rings. The highest BCUT2D eigenvalue weighted by molar-refractivity contribution is 5.79. The lowest BCUT2D eigenvalue weighted by atomic mass is 10.1. The van der Waals surface area contributed by atoms with Crippen LogP contribution in [-0.4, -0.2) is 79.8 Å². The zero-order valence-electron chi connectivity index (χ0n) is 14.4. The number of hydrogen-bond acceptors (Lipinski definition) is 5. The first-order chi connectivity index (χ1) is 11.9. The van der Waals surface area contributed by atoms with Gasteiger partial charge < -0.3 is 19.5 Å². The van der Waals surface area contributed by atoms with E-state index in [-0.39, 0.29) is 30.7 Å². The van der Waals surface area contributed by atoms with Crippen LogP contribution in [0.25, 0.3) is 0 Å². The first-order valence-corrected chi connectivity index (χ1v) is 8.01. The third-order valence-electron chi connectivity index (χ3n) is 3.98. The number of carboxylic acid groups (broad SMARTS) is 1. The smallest absolute Gasteiger partial charge is 0.317 e. The molecule has 1 aromatic carbocycles. The van der Waals surface area contributed by atoms with Gasteiger partial charge in [0.05, 0.1) is 32.8 Å². The van der Waals surface area contributed by atoms with Gasteiger partial charge in [0.15, 0.2) is 11.6 Å². The van der Waals surface area contributed by atoms with E-state index in [9.17, 15) is 14.0 Å². The normalized spacial score (nSPS) is 17.6. The molecule has 1 aliphatic rings. The summed E-state index contributed by atoms with van der Waals surface area (Å²) >= 11 is 0. The van der Waals surface area contributed by atoms with Gasteiger partial charge in [0.2, 0.25) is 5.91 Å². The SMILES string of the molecule is COc1ccc(CC(=O)N2CCOC(CN(C)CC(=O)O)C2)cc1F. The Kier molecular flexibility index (Phi) is 6.72. The van der Waals surface area contributed by atoms with Crippen molar-refractivity contribution >= 4 is 11.9 Å². The van der Waals surface area contributed by atoms with Gasteiger partial charge in [-0.3, -0.25) is 14.5 Å². The van der Waals surface area contributed by atoms with Crippen molar-refractivity contribution < 1.29 is 28.6 Å². The minimum Gasteiger partial charge on any atom is -0.494 e. The van der Waals surface area contributed by atoms with E-state index in [0.717, 1.165) is 0 Å². The molecule has 25 heavy (non-hydrogen) atoms. The number of halogens is 1. The first-order valence-electron chi connectivity index (χ1n) is 8.01. The number of likely N-dealkylation sites (N-methyl/N-ethyl adjacent to an activating group) is 1. The van der Waals surface area contributed by atoms with Crippen LogP contribution in [0.5, 0.6) is 5.75 Å². The molecule has 0 saturated carbocycles. The summed E-state index contributed by atoms with van der Waals surface area (Å²) in [5.74, 6) is -1.38. The molecule has 1 amide bonds. The van der Waals surface area contributed by atoms with Crippen molar-refractivity contribution in [1.29, 1.82) is 0 Å². The first kappa shape index (κ1) is 19.1. The van der Waals surface area contributed by atoms with E-state index in [2.05, 4.69) is 0 Å². The number of ether oxygens (including phenoxy) is 2. The molecule has 0 spiro atoms. The third kappa shape index (κ3) is 5.68. The Hall–Kier alpha value is -2.19. The van der Waals surface area contributed by atoms with Crippen LogP contribution in [0.2, 0.25) is 0 Å². The lowest BCUT2D eigenvalue weighted by molar-refractivity contribution is -0.142. The van der Waals surface area contributed by atoms with Crippen LogP contribution in [0.15, 0.2) is 18.2 Å². The van der Waals surface area contributed by atoms with Gasteiger partial charge in [-0.25, -0.2) is 4.39 Å². The number of aliphatic carboxylic acids is 1. The van der Waals surface area contributed by atoms with E-state index in [1.54, 1.807) is 22.9 Å². The lowest BCUT2D eigenvalue weighted by Crippen LogP contribution is -2.50. The van der Waals surface area contributed by atoms with E-state index in [4.69, 9.17) is 14.6 Å². The molecule has 0 aliphatic carbocycles. The van der Waals surface area contributed by atoms with E-state index in [1.807, 2.05) is 0 Å². The molecule has 1 aliphatic heterocycles. The van der Waals surface area contributed by atoms with Gasteiger partial charge in [-0.1, -0.05) is 6.07 Å². The monoisotopic (exact) mass is 354 g/mol. The second-order valence-electron chi connectivity index (χ2n) is 6.07. The average Bonchev–Trinajstić information content (AvgIpc) is 2.54. The van der Waals surface area contributed by atoms with Crippen LogP contribution in [0, 0.1) is 5.82 Å². The summed E-state index contributed by atoms with van der Waals surface area (Å²) in [6.45, 7) is 1.60. The maximum atomic E-state index is 13.7. The standard InChI is InChI=1S/C17H23FN2O5/c1-19(11-17(22)23)9-13-10-20(5-6-25-13)16(21)8-12-3-4-15(24-2)14(18)7-12/h3-4,7,13H,5-6,8-11H2,1-2H3,(H,22,23). The number of hydrogen-bond donors (Lipinski definition) is 1. The Morgan fingerprint density at radius 1 is 1.48 bits per heavy atom. The number of carbonyl (C=O) groups is 2. The number of morpholine rings is 1. The summed E-state index contributed by atoms with van der Waals surface area (Å²) in [5.41, 5.74) is 0.578. The zero-order valence-corrected chi connectivity index (χ0v) is 14.4. The van der Waals surface area contributed by atoms with Crippen molar-refractivity contribution in [2.45, 2.75) is 12.5 Å². The van der Waals surface area contributed by atoms with Crippen LogP contribution in [-0.2, 0) is 20.7 Å². The molecule has 2 rings (SSSR count). The maximum absolute atomic E-state index is 13.7. The molecule has 8 heteroatoms. The minimum atomic E-state index is -0.909. The zero-order chi connectivity index (χ0) is 18.4. The Labute approximate surface area is 145 Å². The quantitative estimate of drug-likeness (QED) is 0.773. The number of nitrogens with zero attached hydrogens (tertiary/aromatic N) is 2. The average molecular weight is 354 g/mol. The van der Waals surface area contributed by atoms with E-state index >= 15 is 0 Å². The second kappa shape index (κ2) is 8.77. The maximum Gasteiger partial charge on any atom is 0.317 e. The summed E-state index contributed by atoms with van der Waals surface area (Å²) in [5, 5.41) is 8.79. The van der Waals surface area contributed by atoms with E-state index in [0.29, 0.717) is 31.8 Å². The number of methoxy groups -OCH3 is 1. The highest BCUT2D eigenvalue weighted by atomic mass is 19.1. The molecular weight excluding hydrogens is 331 g/mol. The number of rotatable bonds is 7. The van der Waals surface area contributed by atoms with Gasteiger partial charge in [-0.2, -0.15) is 0 Å². The molecule has 7 nitrogen and oxygen atoms in total. The summed E-state index contributed by atoms with van der Waals surface area (Å²) in [7, 11) is 3.08. The molecule has 0 radical (unpaired) electrons. The summed E-state index contributed by atoms with van der Waals surface area (Å²) in [4.78, 5) is 26.5. The molecule has 1 aromatic rings. The van der Waals surface area contributed by atoms with Gasteiger partial charge >= 0.3 is 5.97 Å². The Morgan fingerprint density at radius 3 is 2.88 bits per heavy atom. The Bertz CT molecular complexity index is 625. The highest BCUT2D eigenvalue weighted by Crippen LogP contribution is 2.18. The van der Waals surface area contributed by atoms with Crippen molar-refractivity contribution in [2.24, 2.45) is 0 Å². The van der Waals surface area contributed by atoms with Crippen molar-refractivity contribution in [3.8, 4) is 5.75 Å². The third-order valence-corrected chi connectivity index (χ3v) is 3.98. The molecule has 1 heterocycles.